The van der Waals surface area contributed by atoms with E-state index in [0.29, 0.717) is 30.3 Å². The number of rotatable bonds is 4. The third-order valence-corrected chi connectivity index (χ3v) is 6.23. The van der Waals surface area contributed by atoms with Gasteiger partial charge in [0.1, 0.15) is 12.4 Å². The quantitative estimate of drug-likeness (QED) is 0.650. The van der Waals surface area contributed by atoms with E-state index in [1.807, 2.05) is 24.3 Å². The highest BCUT2D eigenvalue weighted by Crippen LogP contribution is 2.51. The summed E-state index contributed by atoms with van der Waals surface area (Å²) < 4.78 is 12.6. The van der Waals surface area contributed by atoms with Gasteiger partial charge >= 0.3 is 0 Å². The maximum absolute atomic E-state index is 6.41. The molecule has 0 amide bonds. The molecule has 1 aliphatic carbocycles. The van der Waals surface area contributed by atoms with Gasteiger partial charge in [0.2, 0.25) is 0 Å². The molecule has 1 fully saturated rings. The first-order valence-electron chi connectivity index (χ1n) is 9.70. The highest BCUT2D eigenvalue weighted by Gasteiger charge is 2.44. The van der Waals surface area contributed by atoms with Crippen molar-refractivity contribution in [1.82, 2.24) is 0 Å². The van der Waals surface area contributed by atoms with Crippen molar-refractivity contribution >= 4 is 0 Å². The summed E-state index contributed by atoms with van der Waals surface area (Å²) in [6.45, 7) is 8.40. The van der Waals surface area contributed by atoms with Gasteiger partial charge < -0.3 is 9.47 Å². The molecule has 1 aliphatic heterocycles. The second-order valence-electron chi connectivity index (χ2n) is 7.88. The zero-order valence-corrected chi connectivity index (χ0v) is 15.9. The molecule has 0 saturated carbocycles. The van der Waals surface area contributed by atoms with Crippen LogP contribution in [0.2, 0.25) is 0 Å². The Morgan fingerprint density at radius 2 is 1.73 bits per heavy atom. The topological polar surface area (TPSA) is 18.5 Å². The molecule has 2 bridgehead atoms. The minimum absolute atomic E-state index is 0.0805. The van der Waals surface area contributed by atoms with E-state index in [-0.39, 0.29) is 6.10 Å². The van der Waals surface area contributed by atoms with Crippen molar-refractivity contribution in [2.75, 3.05) is 6.61 Å². The molecule has 5 atom stereocenters. The highest BCUT2D eigenvalue weighted by molar-refractivity contribution is 5.38. The second-order valence-corrected chi connectivity index (χ2v) is 7.88. The normalized spacial score (nSPS) is 30.6. The number of benzene rings is 2. The maximum atomic E-state index is 6.41. The Bertz CT molecular complexity index is 780. The molecule has 5 unspecified atom stereocenters. The zero-order chi connectivity index (χ0) is 18.1. The third kappa shape index (κ3) is 3.19. The number of allylic oxidation sites excluding steroid dienone is 1. The summed E-state index contributed by atoms with van der Waals surface area (Å²) >= 11 is 0. The van der Waals surface area contributed by atoms with Gasteiger partial charge in [-0.05, 0) is 36.3 Å². The van der Waals surface area contributed by atoms with E-state index in [4.69, 9.17) is 9.47 Å². The molecule has 2 aromatic carbocycles. The van der Waals surface area contributed by atoms with Crippen molar-refractivity contribution in [3.63, 3.8) is 0 Å². The Kier molecular flexibility index (Phi) is 4.86. The summed E-state index contributed by atoms with van der Waals surface area (Å²) in [6.07, 6.45) is 2.54. The molecule has 1 saturated heterocycles. The fraction of sp³-hybridized carbons (Fsp3) is 0.417. The highest BCUT2D eigenvalue weighted by atomic mass is 16.5. The van der Waals surface area contributed by atoms with Crippen LogP contribution in [0.3, 0.4) is 0 Å². The third-order valence-electron chi connectivity index (χ3n) is 6.23. The summed E-state index contributed by atoms with van der Waals surface area (Å²) in [5, 5.41) is 0. The van der Waals surface area contributed by atoms with Crippen LogP contribution in [-0.2, 0) is 11.3 Å². The van der Waals surface area contributed by atoms with Crippen molar-refractivity contribution in [3.05, 3.63) is 77.4 Å². The standard InChI is InChI=1S/C24H28O2/c1-16-13-17(2)23-18(3)21(16)15-26-24(23)20-11-7-8-12-22(20)25-14-19-9-5-4-6-10-19/h4-13,16,18,21,23-24H,14-15H2,1-3H3. The lowest BCUT2D eigenvalue weighted by Gasteiger charge is -2.47. The van der Waals surface area contributed by atoms with Crippen molar-refractivity contribution in [2.24, 2.45) is 23.7 Å². The smallest absolute Gasteiger partial charge is 0.125 e. The van der Waals surface area contributed by atoms with Crippen LogP contribution >= 0.6 is 0 Å². The molecule has 136 valence electrons. The van der Waals surface area contributed by atoms with Gasteiger partial charge in [-0.3, -0.25) is 0 Å². The van der Waals surface area contributed by atoms with Crippen molar-refractivity contribution in [2.45, 2.75) is 33.5 Å². The van der Waals surface area contributed by atoms with Crippen molar-refractivity contribution in [3.8, 4) is 5.75 Å². The van der Waals surface area contributed by atoms with Gasteiger partial charge in [0.15, 0.2) is 0 Å². The first kappa shape index (κ1) is 17.4. The molecule has 1 heterocycles. The van der Waals surface area contributed by atoms with E-state index in [9.17, 15) is 0 Å². The number of para-hydroxylation sites is 1. The van der Waals surface area contributed by atoms with Crippen molar-refractivity contribution in [1.29, 1.82) is 0 Å². The van der Waals surface area contributed by atoms with Crippen LogP contribution in [0.5, 0.6) is 5.75 Å². The van der Waals surface area contributed by atoms with Crippen molar-refractivity contribution < 1.29 is 9.47 Å². The molecule has 2 aromatic rings. The molecule has 2 nitrogen and oxygen atoms in total. The number of fused-ring (bicyclic) bond motifs is 2. The lowest BCUT2D eigenvalue weighted by Crippen LogP contribution is -2.42. The van der Waals surface area contributed by atoms with Crippen LogP contribution in [-0.4, -0.2) is 6.61 Å². The van der Waals surface area contributed by atoms with E-state index in [2.05, 4.69) is 57.2 Å². The molecule has 4 rings (SSSR count). The van der Waals surface area contributed by atoms with E-state index >= 15 is 0 Å². The monoisotopic (exact) mass is 348 g/mol. The van der Waals surface area contributed by atoms with Crippen LogP contribution in [0.4, 0.5) is 0 Å². The summed E-state index contributed by atoms with van der Waals surface area (Å²) in [7, 11) is 0. The van der Waals surface area contributed by atoms with Crippen LogP contribution in [0.25, 0.3) is 0 Å². The molecular weight excluding hydrogens is 320 g/mol. The number of hydrogen-bond acceptors (Lipinski definition) is 2. The van der Waals surface area contributed by atoms with Gasteiger partial charge in [-0.2, -0.15) is 0 Å². The Balaban J connectivity index is 1.61. The molecule has 0 radical (unpaired) electrons. The minimum Gasteiger partial charge on any atom is -0.489 e. The Morgan fingerprint density at radius 3 is 2.54 bits per heavy atom. The van der Waals surface area contributed by atoms with E-state index in [1.165, 1.54) is 16.7 Å². The summed E-state index contributed by atoms with van der Waals surface area (Å²) in [5.74, 6) is 3.24. The summed E-state index contributed by atoms with van der Waals surface area (Å²) in [5.41, 5.74) is 3.83. The lowest BCUT2D eigenvalue weighted by atomic mass is 9.64. The molecule has 2 heteroatoms. The zero-order valence-electron chi connectivity index (χ0n) is 15.9. The SMILES string of the molecule is CC1=CC(C)C2COC(c3ccccc3OCc3ccccc3)C1C2C. The second kappa shape index (κ2) is 7.28. The van der Waals surface area contributed by atoms with Gasteiger partial charge in [0.25, 0.3) is 0 Å². The predicted molar refractivity (Wildman–Crippen MR) is 105 cm³/mol. The Hall–Kier alpha value is -2.06. The van der Waals surface area contributed by atoms with Crippen LogP contribution < -0.4 is 4.74 Å². The van der Waals surface area contributed by atoms with Crippen LogP contribution in [0.15, 0.2) is 66.2 Å². The van der Waals surface area contributed by atoms with Gasteiger partial charge in [-0.15, -0.1) is 0 Å². The van der Waals surface area contributed by atoms with Gasteiger partial charge in [0.05, 0.1) is 12.7 Å². The first-order chi connectivity index (χ1) is 12.6. The summed E-state index contributed by atoms with van der Waals surface area (Å²) in [4.78, 5) is 0. The lowest BCUT2D eigenvalue weighted by molar-refractivity contribution is -0.0942. The fourth-order valence-electron chi connectivity index (χ4n) is 4.81. The number of hydrogen-bond donors (Lipinski definition) is 0. The maximum Gasteiger partial charge on any atom is 0.125 e. The average Bonchev–Trinajstić information content (AvgIpc) is 2.65. The van der Waals surface area contributed by atoms with Crippen LogP contribution in [0.1, 0.15) is 38.0 Å². The van der Waals surface area contributed by atoms with Gasteiger partial charge in [0, 0.05) is 11.5 Å². The first-order valence-corrected chi connectivity index (χ1v) is 9.70. The fourth-order valence-corrected chi connectivity index (χ4v) is 4.81. The molecular formula is C24H28O2. The summed E-state index contributed by atoms with van der Waals surface area (Å²) in [6, 6.07) is 18.7. The molecule has 0 N–H and O–H groups in total. The van der Waals surface area contributed by atoms with E-state index in [1.54, 1.807) is 0 Å². The predicted octanol–water partition coefficient (Wildman–Crippen LogP) is 5.80. The van der Waals surface area contributed by atoms with E-state index in [0.717, 1.165) is 12.4 Å². The number of ether oxygens (including phenoxy) is 2. The molecule has 26 heavy (non-hydrogen) atoms. The average molecular weight is 348 g/mol. The van der Waals surface area contributed by atoms with Crippen LogP contribution in [0, 0.1) is 23.7 Å². The molecule has 0 aromatic heterocycles. The Labute approximate surface area is 156 Å². The molecule has 0 spiro atoms. The Morgan fingerprint density at radius 1 is 1.00 bits per heavy atom. The van der Waals surface area contributed by atoms with E-state index < -0.39 is 0 Å². The largest absolute Gasteiger partial charge is 0.489 e. The van der Waals surface area contributed by atoms with Gasteiger partial charge in [-0.25, -0.2) is 0 Å². The minimum atomic E-state index is 0.0805. The molecule has 2 aliphatic rings. The van der Waals surface area contributed by atoms with Gasteiger partial charge in [-0.1, -0.05) is 74.0 Å².